The van der Waals surface area contributed by atoms with Gasteiger partial charge in [-0.1, -0.05) is 26.7 Å². The minimum absolute atomic E-state index is 0.258. The van der Waals surface area contributed by atoms with E-state index >= 15 is 0 Å². The molecular formula is C12H18O3. The molecule has 1 heterocycles. The quantitative estimate of drug-likeness (QED) is 0.492. The minimum Gasteiger partial charge on any atom is -0.393 e. The first-order chi connectivity index (χ1) is 7.06. The standard InChI is InChI=1S/C12H18O3/c1-8(2)9-5-3-4-6-12(9)7-10(13)15-11(12)14/h8-9H,3-7H2,1-2H3. The largest absolute Gasteiger partial charge is 0.393 e. The van der Waals surface area contributed by atoms with Gasteiger partial charge in [-0.15, -0.1) is 0 Å². The van der Waals surface area contributed by atoms with E-state index in [-0.39, 0.29) is 11.9 Å². The highest BCUT2D eigenvalue weighted by Gasteiger charge is 2.55. The van der Waals surface area contributed by atoms with Crippen molar-refractivity contribution in [1.82, 2.24) is 0 Å². The van der Waals surface area contributed by atoms with Gasteiger partial charge >= 0.3 is 11.9 Å². The van der Waals surface area contributed by atoms with Gasteiger partial charge in [0.2, 0.25) is 0 Å². The molecule has 3 heteroatoms. The fraction of sp³-hybridized carbons (Fsp3) is 0.833. The van der Waals surface area contributed by atoms with Crippen LogP contribution in [0.3, 0.4) is 0 Å². The number of rotatable bonds is 1. The summed E-state index contributed by atoms with van der Waals surface area (Å²) >= 11 is 0. The summed E-state index contributed by atoms with van der Waals surface area (Å²) in [5.41, 5.74) is -0.469. The second-order valence-electron chi connectivity index (χ2n) is 5.19. The zero-order valence-electron chi connectivity index (χ0n) is 9.41. The van der Waals surface area contributed by atoms with Crippen molar-refractivity contribution in [2.75, 3.05) is 0 Å². The topological polar surface area (TPSA) is 43.4 Å². The molecular weight excluding hydrogens is 192 g/mol. The van der Waals surface area contributed by atoms with Crippen LogP contribution in [0.4, 0.5) is 0 Å². The molecule has 0 N–H and O–H groups in total. The lowest BCUT2D eigenvalue weighted by Crippen LogP contribution is -2.40. The van der Waals surface area contributed by atoms with Gasteiger partial charge in [0.25, 0.3) is 0 Å². The number of carbonyl (C=O) groups excluding carboxylic acids is 2. The molecule has 2 unspecified atom stereocenters. The van der Waals surface area contributed by atoms with Crippen LogP contribution in [0.25, 0.3) is 0 Å². The molecule has 2 rings (SSSR count). The van der Waals surface area contributed by atoms with Crippen LogP contribution in [-0.4, -0.2) is 11.9 Å². The molecule has 1 saturated carbocycles. The number of hydrogen-bond acceptors (Lipinski definition) is 3. The summed E-state index contributed by atoms with van der Waals surface area (Å²) in [4.78, 5) is 23.1. The number of cyclic esters (lactones) is 2. The van der Waals surface area contributed by atoms with Gasteiger partial charge in [0.15, 0.2) is 0 Å². The van der Waals surface area contributed by atoms with Crippen molar-refractivity contribution in [3.63, 3.8) is 0 Å². The van der Waals surface area contributed by atoms with Crippen LogP contribution >= 0.6 is 0 Å². The van der Waals surface area contributed by atoms with Gasteiger partial charge in [-0.05, 0) is 24.7 Å². The number of carbonyl (C=O) groups is 2. The first kappa shape index (κ1) is 10.7. The summed E-state index contributed by atoms with van der Waals surface area (Å²) in [5, 5.41) is 0. The first-order valence-corrected chi connectivity index (χ1v) is 5.81. The Morgan fingerprint density at radius 1 is 1.33 bits per heavy atom. The molecule has 0 aromatic carbocycles. The summed E-state index contributed by atoms with van der Waals surface area (Å²) in [6, 6.07) is 0. The van der Waals surface area contributed by atoms with Crippen LogP contribution < -0.4 is 0 Å². The summed E-state index contributed by atoms with van der Waals surface area (Å²) in [5.74, 6) is 0.187. The second kappa shape index (κ2) is 3.62. The number of ether oxygens (including phenoxy) is 1. The average molecular weight is 210 g/mol. The Morgan fingerprint density at radius 2 is 2.07 bits per heavy atom. The van der Waals surface area contributed by atoms with Crippen molar-refractivity contribution < 1.29 is 14.3 Å². The Hall–Kier alpha value is -0.860. The van der Waals surface area contributed by atoms with E-state index < -0.39 is 5.41 Å². The van der Waals surface area contributed by atoms with E-state index in [0.29, 0.717) is 18.3 Å². The van der Waals surface area contributed by atoms with Crippen molar-refractivity contribution >= 4 is 11.9 Å². The zero-order valence-corrected chi connectivity index (χ0v) is 9.41. The highest BCUT2D eigenvalue weighted by molar-refractivity contribution is 5.97. The molecule has 1 aliphatic carbocycles. The summed E-state index contributed by atoms with van der Waals surface area (Å²) in [6.07, 6.45) is 4.42. The lowest BCUT2D eigenvalue weighted by Gasteiger charge is -2.39. The van der Waals surface area contributed by atoms with E-state index in [0.717, 1.165) is 19.3 Å². The number of hydrogen-bond donors (Lipinski definition) is 0. The lowest BCUT2D eigenvalue weighted by molar-refractivity contribution is -0.158. The molecule has 1 spiro atoms. The molecule has 2 aliphatic rings. The molecule has 84 valence electrons. The molecule has 0 amide bonds. The summed E-state index contributed by atoms with van der Waals surface area (Å²) in [7, 11) is 0. The average Bonchev–Trinajstić information content (AvgIpc) is 2.42. The van der Waals surface area contributed by atoms with Gasteiger partial charge in [0, 0.05) is 0 Å². The molecule has 15 heavy (non-hydrogen) atoms. The third kappa shape index (κ3) is 1.58. The van der Waals surface area contributed by atoms with Gasteiger partial charge in [0.05, 0.1) is 11.8 Å². The Kier molecular flexibility index (Phi) is 2.57. The fourth-order valence-electron chi connectivity index (χ4n) is 3.28. The smallest absolute Gasteiger partial charge is 0.320 e. The van der Waals surface area contributed by atoms with Crippen molar-refractivity contribution in [2.45, 2.75) is 46.0 Å². The minimum atomic E-state index is -0.469. The van der Waals surface area contributed by atoms with Crippen LogP contribution in [0.2, 0.25) is 0 Å². The number of esters is 2. The summed E-state index contributed by atoms with van der Waals surface area (Å²) in [6.45, 7) is 4.27. The van der Waals surface area contributed by atoms with E-state index in [4.69, 9.17) is 4.74 Å². The van der Waals surface area contributed by atoms with Crippen LogP contribution in [0, 0.1) is 17.3 Å². The summed E-state index contributed by atoms with van der Waals surface area (Å²) < 4.78 is 4.76. The highest BCUT2D eigenvalue weighted by Crippen LogP contribution is 2.51. The second-order valence-corrected chi connectivity index (χ2v) is 5.19. The van der Waals surface area contributed by atoms with Crippen molar-refractivity contribution in [3.8, 4) is 0 Å². The van der Waals surface area contributed by atoms with Crippen molar-refractivity contribution in [2.24, 2.45) is 17.3 Å². The maximum atomic E-state index is 11.8. The third-order valence-corrected chi connectivity index (χ3v) is 3.98. The van der Waals surface area contributed by atoms with Crippen LogP contribution in [0.5, 0.6) is 0 Å². The van der Waals surface area contributed by atoms with Gasteiger partial charge in [-0.2, -0.15) is 0 Å². The van der Waals surface area contributed by atoms with E-state index in [2.05, 4.69) is 13.8 Å². The maximum absolute atomic E-state index is 11.8. The van der Waals surface area contributed by atoms with E-state index in [1.807, 2.05) is 0 Å². The van der Waals surface area contributed by atoms with Gasteiger partial charge in [0.1, 0.15) is 0 Å². The molecule has 0 bridgehead atoms. The Balaban J connectivity index is 2.30. The van der Waals surface area contributed by atoms with Gasteiger partial charge in [-0.25, -0.2) is 0 Å². The Labute approximate surface area is 90.2 Å². The van der Waals surface area contributed by atoms with Gasteiger partial charge < -0.3 is 4.74 Å². The molecule has 2 atom stereocenters. The van der Waals surface area contributed by atoms with E-state index in [1.165, 1.54) is 6.42 Å². The molecule has 0 radical (unpaired) electrons. The lowest BCUT2D eigenvalue weighted by atomic mass is 9.61. The molecule has 0 aromatic rings. The predicted molar refractivity (Wildman–Crippen MR) is 54.9 cm³/mol. The van der Waals surface area contributed by atoms with Crippen molar-refractivity contribution in [3.05, 3.63) is 0 Å². The molecule has 1 aliphatic heterocycles. The van der Waals surface area contributed by atoms with Crippen molar-refractivity contribution in [1.29, 1.82) is 0 Å². The highest BCUT2D eigenvalue weighted by atomic mass is 16.6. The molecule has 1 saturated heterocycles. The Morgan fingerprint density at radius 3 is 2.60 bits per heavy atom. The fourth-order valence-corrected chi connectivity index (χ4v) is 3.28. The van der Waals surface area contributed by atoms with Gasteiger partial charge in [-0.3, -0.25) is 9.59 Å². The third-order valence-electron chi connectivity index (χ3n) is 3.98. The predicted octanol–water partition coefficient (Wildman–Crippen LogP) is 2.29. The maximum Gasteiger partial charge on any atom is 0.320 e. The zero-order chi connectivity index (χ0) is 11.1. The SMILES string of the molecule is CC(C)C1CCCCC12CC(=O)OC2=O. The molecule has 0 aromatic heterocycles. The Bertz CT molecular complexity index is 295. The van der Waals surface area contributed by atoms with Crippen LogP contribution in [0.15, 0.2) is 0 Å². The first-order valence-electron chi connectivity index (χ1n) is 5.81. The van der Waals surface area contributed by atoms with E-state index in [1.54, 1.807) is 0 Å². The van der Waals surface area contributed by atoms with Crippen LogP contribution in [-0.2, 0) is 14.3 Å². The monoisotopic (exact) mass is 210 g/mol. The molecule has 2 fully saturated rings. The molecule has 3 nitrogen and oxygen atoms in total. The van der Waals surface area contributed by atoms with Crippen LogP contribution in [0.1, 0.15) is 46.0 Å². The van der Waals surface area contributed by atoms with E-state index in [9.17, 15) is 9.59 Å². The normalized spacial score (nSPS) is 36.3.